The minimum atomic E-state index is 0.356. The quantitative estimate of drug-likeness (QED) is 0.526. The van der Waals surface area contributed by atoms with Crippen molar-refractivity contribution in [2.24, 2.45) is 5.92 Å². The molecule has 0 aromatic heterocycles. The molecule has 64 valence electrons. The number of hydrogen-bond acceptors (Lipinski definition) is 0. The first kappa shape index (κ1) is 13.6. The average molecular weight is 277 g/mol. The Bertz CT molecular complexity index is 45.2. The van der Waals surface area contributed by atoms with Gasteiger partial charge in [0.05, 0.1) is 0 Å². The molecule has 0 rings (SSSR count). The highest BCUT2D eigenvalue weighted by Crippen LogP contribution is 1.95. The number of rotatable bonds is 2. The van der Waals surface area contributed by atoms with Crippen LogP contribution in [0.5, 0.6) is 0 Å². The summed E-state index contributed by atoms with van der Waals surface area (Å²) in [5.41, 5.74) is 0. The number of hydrogen-bond donors (Lipinski definition) is 0. The third kappa shape index (κ3) is 23.0. The summed E-state index contributed by atoms with van der Waals surface area (Å²) in [6.45, 7) is 8.48. The molecule has 0 bridgehead atoms. The molecule has 0 aliphatic rings. The Balaban J connectivity index is 0. The standard InChI is InChI=1S/C4H9Cl.C4H9I/c1-3-4(2)5;1-4(2)3-5/h2*4H,3H2,1-2H3. The van der Waals surface area contributed by atoms with Gasteiger partial charge in [-0.15, -0.1) is 11.6 Å². The van der Waals surface area contributed by atoms with E-state index < -0.39 is 0 Å². The summed E-state index contributed by atoms with van der Waals surface area (Å²) in [4.78, 5) is 0. The molecule has 0 nitrogen and oxygen atoms in total. The average Bonchev–Trinajstić information content (AvgIpc) is 1.89. The molecule has 0 N–H and O–H groups in total. The van der Waals surface area contributed by atoms with Crippen molar-refractivity contribution in [3.8, 4) is 0 Å². The Kier molecular flexibility index (Phi) is 13.6. The van der Waals surface area contributed by atoms with Crippen LogP contribution in [0.15, 0.2) is 0 Å². The van der Waals surface area contributed by atoms with Gasteiger partial charge in [-0.25, -0.2) is 0 Å². The van der Waals surface area contributed by atoms with E-state index in [1.165, 1.54) is 4.43 Å². The van der Waals surface area contributed by atoms with Crippen molar-refractivity contribution < 1.29 is 0 Å². The van der Waals surface area contributed by atoms with Crippen LogP contribution >= 0.6 is 34.2 Å². The third-order valence-corrected chi connectivity index (χ3v) is 2.94. The molecule has 0 amide bonds. The zero-order valence-corrected chi connectivity index (χ0v) is 10.2. The zero-order chi connectivity index (χ0) is 8.57. The van der Waals surface area contributed by atoms with Crippen LogP contribution in [0.4, 0.5) is 0 Å². The maximum atomic E-state index is 5.46. The lowest BCUT2D eigenvalue weighted by Gasteiger charge is -1.88. The van der Waals surface area contributed by atoms with Crippen LogP contribution in [0, 0.1) is 5.92 Å². The second-order valence-electron chi connectivity index (χ2n) is 2.74. The first-order valence-electron chi connectivity index (χ1n) is 3.74. The Morgan fingerprint density at radius 1 is 1.30 bits per heavy atom. The SMILES string of the molecule is CC(C)CI.CCC(C)Cl. The minimum Gasteiger partial charge on any atom is -0.123 e. The van der Waals surface area contributed by atoms with Gasteiger partial charge in [0.1, 0.15) is 0 Å². The van der Waals surface area contributed by atoms with Crippen LogP contribution in [0.1, 0.15) is 34.1 Å². The lowest BCUT2D eigenvalue weighted by molar-refractivity contribution is 0.763. The summed E-state index contributed by atoms with van der Waals surface area (Å²) >= 11 is 7.84. The highest BCUT2D eigenvalue weighted by atomic mass is 127. The second kappa shape index (κ2) is 10.0. The summed E-state index contributed by atoms with van der Waals surface area (Å²) < 4.78 is 1.28. The lowest BCUT2D eigenvalue weighted by atomic mass is 10.3. The second-order valence-corrected chi connectivity index (χ2v) is 4.36. The first-order valence-corrected chi connectivity index (χ1v) is 5.70. The van der Waals surface area contributed by atoms with Crippen molar-refractivity contribution in [3.05, 3.63) is 0 Å². The van der Waals surface area contributed by atoms with Gasteiger partial charge in [0, 0.05) is 9.80 Å². The summed E-state index contributed by atoms with van der Waals surface area (Å²) in [5, 5.41) is 0.356. The molecule has 2 heteroatoms. The molecule has 0 spiro atoms. The Morgan fingerprint density at radius 2 is 1.50 bits per heavy atom. The smallest absolute Gasteiger partial charge is 0.0305 e. The number of halogens is 2. The highest BCUT2D eigenvalue weighted by Gasteiger charge is 1.83. The molecule has 0 saturated carbocycles. The van der Waals surface area contributed by atoms with E-state index >= 15 is 0 Å². The third-order valence-electron chi connectivity index (χ3n) is 0.871. The Labute approximate surface area is 83.9 Å². The van der Waals surface area contributed by atoms with Crippen molar-refractivity contribution in [2.45, 2.75) is 39.5 Å². The van der Waals surface area contributed by atoms with Crippen LogP contribution in [0.3, 0.4) is 0 Å². The molecule has 10 heavy (non-hydrogen) atoms. The molecule has 0 saturated heterocycles. The van der Waals surface area contributed by atoms with Gasteiger partial charge in [-0.2, -0.15) is 0 Å². The van der Waals surface area contributed by atoms with E-state index in [0.717, 1.165) is 12.3 Å². The maximum Gasteiger partial charge on any atom is 0.0305 e. The minimum absolute atomic E-state index is 0.356. The zero-order valence-electron chi connectivity index (χ0n) is 7.32. The van der Waals surface area contributed by atoms with E-state index in [1.807, 2.05) is 6.92 Å². The van der Waals surface area contributed by atoms with Crippen LogP contribution in [-0.4, -0.2) is 9.80 Å². The lowest BCUT2D eigenvalue weighted by Crippen LogP contribution is -1.82. The summed E-state index contributed by atoms with van der Waals surface area (Å²) in [6.07, 6.45) is 1.07. The molecule has 0 aliphatic heterocycles. The van der Waals surface area contributed by atoms with Gasteiger partial charge >= 0.3 is 0 Å². The molecule has 0 fully saturated rings. The predicted octanol–water partition coefficient (Wildman–Crippen LogP) is 4.10. The Morgan fingerprint density at radius 3 is 1.50 bits per heavy atom. The van der Waals surface area contributed by atoms with E-state index in [1.54, 1.807) is 0 Å². The largest absolute Gasteiger partial charge is 0.123 e. The van der Waals surface area contributed by atoms with Crippen molar-refractivity contribution >= 4 is 34.2 Å². The van der Waals surface area contributed by atoms with Crippen molar-refractivity contribution in [1.82, 2.24) is 0 Å². The highest BCUT2D eigenvalue weighted by molar-refractivity contribution is 14.1. The van der Waals surface area contributed by atoms with E-state index in [4.69, 9.17) is 11.6 Å². The molecule has 0 aliphatic carbocycles. The topological polar surface area (TPSA) is 0 Å². The molecule has 1 unspecified atom stereocenters. The van der Waals surface area contributed by atoms with Gasteiger partial charge in [-0.05, 0) is 19.3 Å². The van der Waals surface area contributed by atoms with Gasteiger partial charge in [-0.3, -0.25) is 0 Å². The van der Waals surface area contributed by atoms with Crippen LogP contribution in [0.2, 0.25) is 0 Å². The van der Waals surface area contributed by atoms with Gasteiger partial charge < -0.3 is 0 Å². The van der Waals surface area contributed by atoms with Gasteiger partial charge in [0.2, 0.25) is 0 Å². The monoisotopic (exact) mass is 276 g/mol. The molecule has 0 radical (unpaired) electrons. The summed E-state index contributed by atoms with van der Waals surface area (Å²) in [5.74, 6) is 0.871. The molecular formula is C8H18ClI. The van der Waals surface area contributed by atoms with Gasteiger partial charge in [0.15, 0.2) is 0 Å². The maximum absolute atomic E-state index is 5.46. The fourth-order valence-electron chi connectivity index (χ4n) is 0. The fourth-order valence-corrected chi connectivity index (χ4v) is 0. The van der Waals surface area contributed by atoms with Crippen molar-refractivity contribution in [1.29, 1.82) is 0 Å². The molecule has 0 aromatic carbocycles. The molecule has 0 heterocycles. The molecule has 0 aromatic rings. The van der Waals surface area contributed by atoms with Gasteiger partial charge in [-0.1, -0.05) is 43.4 Å². The normalized spacial score (nSPS) is 12.3. The predicted molar refractivity (Wildman–Crippen MR) is 59.3 cm³/mol. The fraction of sp³-hybridized carbons (Fsp3) is 1.00. The van der Waals surface area contributed by atoms with Crippen molar-refractivity contribution in [2.75, 3.05) is 4.43 Å². The van der Waals surface area contributed by atoms with E-state index in [9.17, 15) is 0 Å². The molecule has 1 atom stereocenters. The van der Waals surface area contributed by atoms with Crippen LogP contribution in [0.25, 0.3) is 0 Å². The number of alkyl halides is 2. The summed E-state index contributed by atoms with van der Waals surface area (Å²) in [6, 6.07) is 0. The van der Waals surface area contributed by atoms with E-state index in [2.05, 4.69) is 43.4 Å². The Hall–Kier alpha value is 1.02. The first-order chi connectivity index (χ1) is 4.54. The van der Waals surface area contributed by atoms with Gasteiger partial charge in [0.25, 0.3) is 0 Å². The summed E-state index contributed by atoms with van der Waals surface area (Å²) in [7, 11) is 0. The molecular weight excluding hydrogens is 258 g/mol. The van der Waals surface area contributed by atoms with E-state index in [-0.39, 0.29) is 0 Å². The van der Waals surface area contributed by atoms with Crippen LogP contribution in [-0.2, 0) is 0 Å². The van der Waals surface area contributed by atoms with E-state index in [0.29, 0.717) is 5.38 Å². The van der Waals surface area contributed by atoms with Crippen LogP contribution < -0.4 is 0 Å². The van der Waals surface area contributed by atoms with Crippen molar-refractivity contribution in [3.63, 3.8) is 0 Å².